The Morgan fingerprint density at radius 2 is 2.37 bits per heavy atom. The Balaban J connectivity index is 1.87. The van der Waals surface area contributed by atoms with Gasteiger partial charge in [0.15, 0.2) is 9.50 Å². The largest absolute Gasteiger partial charge is 0.411 e. The molecular weight excluding hydrogens is 286 g/mol. The van der Waals surface area contributed by atoms with E-state index in [0.717, 1.165) is 4.34 Å². The number of anilines is 1. The Kier molecular flexibility index (Phi) is 3.13. The van der Waals surface area contributed by atoms with Gasteiger partial charge in [0, 0.05) is 6.07 Å². The maximum Gasteiger partial charge on any atom is 0.411 e. The molecule has 3 aromatic heterocycles. The van der Waals surface area contributed by atoms with Gasteiger partial charge in [0.25, 0.3) is 0 Å². The smallest absolute Gasteiger partial charge is 0.290 e. The van der Waals surface area contributed by atoms with Crippen LogP contribution in [0.15, 0.2) is 33.3 Å². The zero-order chi connectivity index (χ0) is 13.2. The van der Waals surface area contributed by atoms with Gasteiger partial charge in [-0.05, 0) is 12.3 Å². The van der Waals surface area contributed by atoms with Crippen LogP contribution in [-0.4, -0.2) is 27.5 Å². The molecule has 9 heteroatoms. The minimum atomic E-state index is -0.414. The van der Waals surface area contributed by atoms with E-state index in [1.54, 1.807) is 22.7 Å². The Morgan fingerprint density at radius 1 is 1.47 bits per heavy atom. The molecule has 0 fully saturated rings. The molecule has 0 saturated heterocycles. The fourth-order valence-corrected chi connectivity index (χ4v) is 2.62. The van der Waals surface area contributed by atoms with Crippen molar-refractivity contribution < 1.29 is 13.7 Å². The summed E-state index contributed by atoms with van der Waals surface area (Å²) in [4.78, 5) is 12.1. The molecule has 0 saturated carbocycles. The second-order valence-corrected chi connectivity index (χ2v) is 5.48. The average Bonchev–Trinajstić information content (AvgIpc) is 3.04. The van der Waals surface area contributed by atoms with Crippen LogP contribution in [-0.2, 0) is 0 Å². The third-order valence-electron chi connectivity index (χ3n) is 2.28. The van der Waals surface area contributed by atoms with Crippen LogP contribution in [0.25, 0.3) is 5.65 Å². The summed E-state index contributed by atoms with van der Waals surface area (Å²) in [5.74, 6) is -0.320. The van der Waals surface area contributed by atoms with Crippen molar-refractivity contribution in [2.45, 2.75) is 4.34 Å². The van der Waals surface area contributed by atoms with Gasteiger partial charge >= 0.3 is 17.4 Å². The highest BCUT2D eigenvalue weighted by atomic mass is 32.2. The number of carbonyl (C=O) groups is 1. The van der Waals surface area contributed by atoms with Gasteiger partial charge < -0.3 is 0 Å². The maximum absolute atomic E-state index is 12.1. The van der Waals surface area contributed by atoms with E-state index in [-0.39, 0.29) is 5.89 Å². The SMILES string of the molecule is CSc1nnc(NC(=O)c2onc3cccc[n+]23)s1. The first-order valence-corrected chi connectivity index (χ1v) is 7.27. The van der Waals surface area contributed by atoms with Crippen LogP contribution in [0.3, 0.4) is 0 Å². The van der Waals surface area contributed by atoms with Crippen molar-refractivity contribution in [1.29, 1.82) is 0 Å². The van der Waals surface area contributed by atoms with Crippen molar-refractivity contribution in [1.82, 2.24) is 15.4 Å². The van der Waals surface area contributed by atoms with Crippen molar-refractivity contribution in [2.24, 2.45) is 0 Å². The second-order valence-electron chi connectivity index (χ2n) is 3.45. The summed E-state index contributed by atoms with van der Waals surface area (Å²) in [5, 5.41) is 14.6. The maximum atomic E-state index is 12.1. The van der Waals surface area contributed by atoms with Gasteiger partial charge in [-0.25, -0.2) is 4.52 Å². The summed E-state index contributed by atoms with van der Waals surface area (Å²) in [6.45, 7) is 0. The first-order valence-electron chi connectivity index (χ1n) is 5.23. The number of hydrogen-bond acceptors (Lipinski definition) is 7. The predicted molar refractivity (Wildman–Crippen MR) is 69.3 cm³/mol. The number of aromatic nitrogens is 4. The van der Waals surface area contributed by atoms with Gasteiger partial charge in [0.2, 0.25) is 5.13 Å². The molecule has 3 aromatic rings. The molecule has 0 aromatic carbocycles. The van der Waals surface area contributed by atoms with Crippen molar-refractivity contribution in [3.05, 3.63) is 30.3 Å². The number of rotatable bonds is 3. The summed E-state index contributed by atoms with van der Waals surface area (Å²) in [5.41, 5.74) is 0.565. The minimum Gasteiger partial charge on any atom is -0.290 e. The number of fused-ring (bicyclic) bond motifs is 1. The second kappa shape index (κ2) is 4.94. The fraction of sp³-hybridized carbons (Fsp3) is 0.100. The average molecular weight is 294 g/mol. The molecule has 1 N–H and O–H groups in total. The molecule has 0 aliphatic heterocycles. The summed E-state index contributed by atoms with van der Waals surface area (Å²) < 4.78 is 7.38. The van der Waals surface area contributed by atoms with Crippen molar-refractivity contribution >= 4 is 39.8 Å². The third kappa shape index (κ3) is 2.29. The molecule has 3 heterocycles. The van der Waals surface area contributed by atoms with E-state index >= 15 is 0 Å². The summed E-state index contributed by atoms with van der Waals surface area (Å²) in [6.07, 6.45) is 3.60. The first kappa shape index (κ1) is 12.1. The number of thioether (sulfide) groups is 1. The summed E-state index contributed by atoms with van der Waals surface area (Å²) in [7, 11) is 0. The number of carbonyl (C=O) groups excluding carboxylic acids is 1. The predicted octanol–water partition coefficient (Wildman–Crippen LogP) is 1.24. The van der Waals surface area contributed by atoms with Gasteiger partial charge in [-0.2, -0.15) is 4.40 Å². The molecule has 0 spiro atoms. The lowest BCUT2D eigenvalue weighted by Crippen LogP contribution is -2.30. The molecule has 0 radical (unpaired) electrons. The van der Waals surface area contributed by atoms with Gasteiger partial charge in [-0.15, -0.1) is 10.2 Å². The van der Waals surface area contributed by atoms with Crippen LogP contribution in [0, 0.1) is 0 Å². The van der Waals surface area contributed by atoms with E-state index in [1.807, 2.05) is 12.3 Å². The molecule has 7 nitrogen and oxygen atoms in total. The van der Waals surface area contributed by atoms with Crippen molar-refractivity contribution in [3.63, 3.8) is 0 Å². The Morgan fingerprint density at radius 3 is 3.16 bits per heavy atom. The molecule has 19 heavy (non-hydrogen) atoms. The Hall–Kier alpha value is -2.00. The van der Waals surface area contributed by atoms with Crippen molar-refractivity contribution in [2.75, 3.05) is 11.6 Å². The number of hydrogen-bond donors (Lipinski definition) is 1. The van der Waals surface area contributed by atoms with Crippen LogP contribution in [0.5, 0.6) is 0 Å². The van der Waals surface area contributed by atoms with Gasteiger partial charge in [-0.3, -0.25) is 10.1 Å². The summed E-state index contributed by atoms with van der Waals surface area (Å²) in [6, 6.07) is 5.35. The quantitative estimate of drug-likeness (QED) is 0.444. The lowest BCUT2D eigenvalue weighted by Gasteiger charge is -1.93. The molecule has 96 valence electrons. The monoisotopic (exact) mass is 294 g/mol. The normalized spacial score (nSPS) is 10.8. The summed E-state index contributed by atoms with van der Waals surface area (Å²) >= 11 is 2.77. The fourth-order valence-electron chi connectivity index (χ4n) is 1.46. The van der Waals surface area contributed by atoms with Gasteiger partial charge in [0.05, 0.1) is 0 Å². The van der Waals surface area contributed by atoms with Gasteiger partial charge in [0.1, 0.15) is 6.20 Å². The van der Waals surface area contributed by atoms with Crippen molar-refractivity contribution in [3.8, 4) is 0 Å². The van der Waals surface area contributed by atoms with E-state index < -0.39 is 5.91 Å². The van der Waals surface area contributed by atoms with Gasteiger partial charge in [-0.1, -0.05) is 29.2 Å². The number of nitrogens with zero attached hydrogens (tertiary/aromatic N) is 4. The Bertz CT molecular complexity index is 738. The molecule has 0 aliphatic rings. The van der Waals surface area contributed by atoms with E-state index in [1.165, 1.54) is 23.1 Å². The number of nitrogens with one attached hydrogen (secondary N) is 1. The standard InChI is InChI=1S/C10H7N5O2S2/c1-18-10-13-12-9(19-10)11-7(16)8-15-5-3-2-4-6(15)14-17-8/h2-5H,1H3/p+1. The van der Waals surface area contributed by atoms with E-state index in [4.69, 9.17) is 4.52 Å². The highest BCUT2D eigenvalue weighted by Gasteiger charge is 2.24. The highest BCUT2D eigenvalue weighted by Crippen LogP contribution is 2.23. The van der Waals surface area contributed by atoms with Crippen LogP contribution < -0.4 is 9.72 Å². The molecule has 0 atom stereocenters. The molecule has 3 rings (SSSR count). The lowest BCUT2D eigenvalue weighted by molar-refractivity contribution is -0.520. The third-order valence-corrected chi connectivity index (χ3v) is 4.09. The van der Waals surface area contributed by atoms with E-state index in [9.17, 15) is 4.79 Å². The number of pyridine rings is 1. The van der Waals surface area contributed by atoms with E-state index in [2.05, 4.69) is 20.7 Å². The lowest BCUT2D eigenvalue weighted by atomic mass is 10.4. The van der Waals surface area contributed by atoms with Crippen LogP contribution in [0.4, 0.5) is 5.13 Å². The molecule has 1 amide bonds. The zero-order valence-electron chi connectivity index (χ0n) is 9.73. The highest BCUT2D eigenvalue weighted by molar-refractivity contribution is 8.00. The first-order chi connectivity index (χ1) is 9.28. The van der Waals surface area contributed by atoms with E-state index in [0.29, 0.717) is 10.8 Å². The zero-order valence-corrected chi connectivity index (χ0v) is 11.4. The molecule has 0 unspecified atom stereocenters. The topological polar surface area (TPSA) is 85.0 Å². The Labute approximate surface area is 115 Å². The minimum absolute atomic E-state index is 0.0940. The molecule has 0 aliphatic carbocycles. The number of amides is 1. The van der Waals surface area contributed by atoms with Crippen LogP contribution >= 0.6 is 23.1 Å². The van der Waals surface area contributed by atoms with Crippen LogP contribution in [0.2, 0.25) is 0 Å². The van der Waals surface area contributed by atoms with Crippen LogP contribution in [0.1, 0.15) is 10.7 Å². The molecular formula is C10H8N5O2S2+. The molecule has 0 bridgehead atoms.